The van der Waals surface area contributed by atoms with Crippen LogP contribution < -0.4 is 4.90 Å². The number of nitrogens with zero attached hydrogens (tertiary/aromatic N) is 2. The van der Waals surface area contributed by atoms with Gasteiger partial charge in [0, 0.05) is 32.9 Å². The van der Waals surface area contributed by atoms with Crippen LogP contribution in [0.15, 0.2) is 224 Å². The van der Waals surface area contributed by atoms with Crippen molar-refractivity contribution in [2.24, 2.45) is 0 Å². The fraction of sp³-hybridized carbons (Fsp3) is 0.238. The Balaban J connectivity index is 1.06. The topological polar surface area (TPSA) is 8.17 Å². The summed E-state index contributed by atoms with van der Waals surface area (Å²) in [5.41, 5.74) is 23.2. The van der Waals surface area contributed by atoms with Gasteiger partial charge in [-0.25, -0.2) is 0 Å². The predicted octanol–water partition coefficient (Wildman–Crippen LogP) is 24.3. The lowest BCUT2D eigenvalue weighted by Crippen LogP contribution is -2.12. The van der Waals surface area contributed by atoms with Gasteiger partial charge in [0.15, 0.2) is 0 Å². The van der Waals surface area contributed by atoms with E-state index in [2.05, 4.69) is 338 Å². The molecule has 0 unspecified atom stereocenters. The van der Waals surface area contributed by atoms with Gasteiger partial charge in [-0.1, -0.05) is 262 Å². The van der Waals surface area contributed by atoms with Gasteiger partial charge in [-0.15, -0.1) is 0 Å². The molecule has 0 aliphatic heterocycles. The number of anilines is 3. The van der Waals surface area contributed by atoms with Crippen molar-refractivity contribution in [2.75, 3.05) is 4.90 Å². The van der Waals surface area contributed by atoms with Gasteiger partial charge in [0.2, 0.25) is 0 Å². The molecule has 1 aromatic heterocycles. The van der Waals surface area contributed by atoms with E-state index in [9.17, 15) is 0 Å². The first kappa shape index (κ1) is 56.4. The number of fused-ring (bicyclic) bond motifs is 3. The molecule has 0 atom stereocenters. The van der Waals surface area contributed by atoms with Gasteiger partial charge >= 0.3 is 0 Å². The second-order valence-electron chi connectivity index (χ2n) is 29.6. The number of rotatable bonds is 8. The van der Waals surface area contributed by atoms with Crippen molar-refractivity contribution in [1.82, 2.24) is 4.57 Å². The molecular weight excluding hydrogens is 1040 g/mol. The zero-order valence-corrected chi connectivity index (χ0v) is 53.3. The standard InChI is InChI=1S/C84H82N2/c1-80(2,3)61-31-21-53(22-32-61)59-47-60(54-23-33-62(34-24-54)81(4,5)6)49-67(48-59)85(66-38-25-56(26-39-66)71-50-63(82(7,8)9)35-42-68(71)55-19-17-16-18-20-55)74-43-29-57-28-41-70-75(44-30-58-27-40-69(74)78(57)79(58)70)86-76-45-36-64(83(10,11)12)51-72(76)73-52-65(84(13,14)15)37-46-77(73)86/h16-52H,1-15H3. The summed E-state index contributed by atoms with van der Waals surface area (Å²) < 4.78 is 2.54. The summed E-state index contributed by atoms with van der Waals surface area (Å²) in [6.45, 7) is 34.6. The molecule has 13 rings (SSSR count). The third-order valence-corrected chi connectivity index (χ3v) is 18.3. The van der Waals surface area contributed by atoms with Crippen LogP contribution in [0.1, 0.15) is 132 Å². The molecule has 0 spiro atoms. The highest BCUT2D eigenvalue weighted by molar-refractivity contribution is 6.27. The molecule has 0 radical (unpaired) electrons. The highest BCUT2D eigenvalue weighted by atomic mass is 15.1. The molecule has 0 N–H and O–H groups in total. The Kier molecular flexibility index (Phi) is 13.4. The summed E-state index contributed by atoms with van der Waals surface area (Å²) in [5.74, 6) is 0. The van der Waals surface area contributed by atoms with Crippen molar-refractivity contribution in [3.63, 3.8) is 0 Å². The quantitative estimate of drug-likeness (QED) is 0.138. The fourth-order valence-electron chi connectivity index (χ4n) is 13.1. The lowest BCUT2D eigenvalue weighted by atomic mass is 9.83. The lowest BCUT2D eigenvalue weighted by molar-refractivity contribution is 0.590. The van der Waals surface area contributed by atoms with Gasteiger partial charge in [-0.05, 0) is 188 Å². The van der Waals surface area contributed by atoms with E-state index < -0.39 is 0 Å². The molecule has 86 heavy (non-hydrogen) atoms. The van der Waals surface area contributed by atoms with Crippen LogP contribution in [0.3, 0.4) is 0 Å². The number of hydrogen-bond acceptors (Lipinski definition) is 1. The van der Waals surface area contributed by atoms with Crippen LogP contribution >= 0.6 is 0 Å². The molecule has 13 aromatic rings. The minimum absolute atomic E-state index is 0.00706. The summed E-state index contributed by atoms with van der Waals surface area (Å²) >= 11 is 0. The van der Waals surface area contributed by atoms with Gasteiger partial charge in [-0.2, -0.15) is 0 Å². The predicted molar refractivity (Wildman–Crippen MR) is 374 cm³/mol. The highest BCUT2D eigenvalue weighted by Crippen LogP contribution is 2.49. The molecule has 0 amide bonds. The van der Waals surface area contributed by atoms with Crippen LogP contribution in [0.4, 0.5) is 17.1 Å². The maximum atomic E-state index is 2.54. The van der Waals surface area contributed by atoms with Crippen molar-refractivity contribution in [1.29, 1.82) is 0 Å². The van der Waals surface area contributed by atoms with E-state index >= 15 is 0 Å². The van der Waals surface area contributed by atoms with Crippen molar-refractivity contribution in [3.8, 4) is 50.2 Å². The van der Waals surface area contributed by atoms with Crippen molar-refractivity contribution < 1.29 is 0 Å². The first-order valence-electron chi connectivity index (χ1n) is 31.1. The van der Waals surface area contributed by atoms with Crippen LogP contribution in [-0.4, -0.2) is 4.57 Å². The van der Waals surface area contributed by atoms with Crippen LogP contribution in [-0.2, 0) is 27.1 Å². The first-order chi connectivity index (χ1) is 40.8. The molecule has 0 bridgehead atoms. The maximum Gasteiger partial charge on any atom is 0.0541 e. The summed E-state index contributed by atoms with van der Waals surface area (Å²) in [7, 11) is 0. The summed E-state index contributed by atoms with van der Waals surface area (Å²) in [5, 5.41) is 10.0. The zero-order chi connectivity index (χ0) is 60.4. The summed E-state index contributed by atoms with van der Waals surface area (Å²) in [4.78, 5) is 2.53. The van der Waals surface area contributed by atoms with E-state index in [-0.39, 0.29) is 27.1 Å². The Morgan fingerprint density at radius 3 is 1.20 bits per heavy atom. The third-order valence-electron chi connectivity index (χ3n) is 18.3. The minimum atomic E-state index is -0.0187. The Bertz CT molecular complexity index is 4560. The van der Waals surface area contributed by atoms with Crippen LogP contribution in [0.5, 0.6) is 0 Å². The van der Waals surface area contributed by atoms with Crippen LogP contribution in [0.2, 0.25) is 0 Å². The van der Waals surface area contributed by atoms with E-state index in [4.69, 9.17) is 0 Å². The summed E-state index contributed by atoms with van der Waals surface area (Å²) in [6.07, 6.45) is 0. The second-order valence-corrected chi connectivity index (χ2v) is 29.6. The normalized spacial score (nSPS) is 12.8. The molecule has 428 valence electrons. The van der Waals surface area contributed by atoms with E-state index in [1.807, 2.05) is 0 Å². The summed E-state index contributed by atoms with van der Waals surface area (Å²) in [6, 6.07) is 86.3. The zero-order valence-electron chi connectivity index (χ0n) is 53.3. The monoisotopic (exact) mass is 1120 g/mol. The third kappa shape index (κ3) is 10.2. The molecule has 2 heteroatoms. The maximum absolute atomic E-state index is 2.54. The van der Waals surface area contributed by atoms with Gasteiger partial charge in [0.1, 0.15) is 0 Å². The Labute approximate surface area is 511 Å². The number of aromatic nitrogens is 1. The van der Waals surface area contributed by atoms with E-state index in [0.717, 1.165) is 17.1 Å². The lowest BCUT2D eigenvalue weighted by Gasteiger charge is -2.29. The Morgan fingerprint density at radius 2 is 0.686 bits per heavy atom. The van der Waals surface area contributed by atoms with E-state index in [1.54, 1.807) is 0 Å². The average molecular weight is 1120 g/mol. The van der Waals surface area contributed by atoms with Gasteiger partial charge in [-0.3, -0.25) is 0 Å². The minimum Gasteiger partial charge on any atom is -0.310 e. The number of hydrogen-bond donors (Lipinski definition) is 0. The van der Waals surface area contributed by atoms with Crippen molar-refractivity contribution in [3.05, 3.63) is 252 Å². The SMILES string of the molecule is CC(C)(C)c1ccc(-c2cc(-c3ccc(C(C)(C)C)cc3)cc(N(c3ccc(-c4cc(C(C)(C)C)ccc4-c4ccccc4)cc3)c3ccc4ccc5c(-n6c7ccc(C(C)(C)C)cc7c7cc(C(C)(C)C)ccc76)ccc6ccc3c4c65)c2)cc1. The van der Waals surface area contributed by atoms with Crippen molar-refractivity contribution >= 4 is 71.2 Å². The molecule has 12 aromatic carbocycles. The Hall–Kier alpha value is -8.72. The molecule has 1 heterocycles. The van der Waals surface area contributed by atoms with E-state index in [1.165, 1.54) is 132 Å². The first-order valence-corrected chi connectivity index (χ1v) is 31.1. The molecule has 0 aliphatic carbocycles. The van der Waals surface area contributed by atoms with Gasteiger partial charge in [0.25, 0.3) is 0 Å². The van der Waals surface area contributed by atoms with Crippen LogP contribution in [0, 0.1) is 0 Å². The Morgan fingerprint density at radius 1 is 0.267 bits per heavy atom. The van der Waals surface area contributed by atoms with E-state index in [0.29, 0.717) is 0 Å². The van der Waals surface area contributed by atoms with Gasteiger partial charge in [0.05, 0.1) is 22.4 Å². The van der Waals surface area contributed by atoms with Crippen molar-refractivity contribution in [2.45, 2.75) is 131 Å². The largest absolute Gasteiger partial charge is 0.310 e. The second kappa shape index (κ2) is 20.5. The average Bonchev–Trinajstić information content (AvgIpc) is 1.28. The molecular formula is C84H82N2. The van der Waals surface area contributed by atoms with Crippen LogP contribution in [0.25, 0.3) is 104 Å². The molecule has 2 nitrogen and oxygen atoms in total. The number of benzene rings is 12. The molecule has 0 fully saturated rings. The smallest absolute Gasteiger partial charge is 0.0541 e. The van der Waals surface area contributed by atoms with Gasteiger partial charge < -0.3 is 9.47 Å². The molecule has 0 aliphatic rings. The fourth-order valence-corrected chi connectivity index (χ4v) is 13.1. The molecule has 0 saturated carbocycles. The molecule has 0 saturated heterocycles. The highest BCUT2D eigenvalue weighted by Gasteiger charge is 2.26.